The van der Waals surface area contributed by atoms with E-state index in [0.29, 0.717) is 0 Å². The van der Waals surface area contributed by atoms with E-state index in [1.807, 2.05) is 13.1 Å². The number of nitrogens with one attached hydrogen (secondary N) is 1. The first-order valence-corrected chi connectivity index (χ1v) is 6.23. The summed E-state index contributed by atoms with van der Waals surface area (Å²) in [7, 11) is 1.99. The predicted molar refractivity (Wildman–Crippen MR) is 69.1 cm³/mol. The minimum atomic E-state index is 0.834. The van der Waals surface area contributed by atoms with Crippen LogP contribution in [0.25, 0.3) is 0 Å². The maximum atomic E-state index is 5.79. The Kier molecular flexibility index (Phi) is 6.66. The first-order chi connectivity index (χ1) is 7.88. The van der Waals surface area contributed by atoms with Crippen LogP contribution in [0.3, 0.4) is 0 Å². The van der Waals surface area contributed by atoms with Crippen LogP contribution in [-0.4, -0.2) is 20.2 Å². The van der Waals surface area contributed by atoms with E-state index in [0.717, 1.165) is 31.7 Å². The van der Waals surface area contributed by atoms with Gasteiger partial charge in [-0.2, -0.15) is 0 Å². The average molecular weight is 221 g/mol. The fraction of sp³-hybridized carbons (Fsp3) is 0.571. The van der Waals surface area contributed by atoms with Gasteiger partial charge in [0, 0.05) is 0 Å². The van der Waals surface area contributed by atoms with Crippen LogP contribution in [0.2, 0.25) is 0 Å². The number of hydrogen-bond acceptors (Lipinski definition) is 2. The van der Waals surface area contributed by atoms with Crippen LogP contribution in [0, 0.1) is 0 Å². The summed E-state index contributed by atoms with van der Waals surface area (Å²) in [6.45, 7) is 4.10. The van der Waals surface area contributed by atoms with Crippen molar-refractivity contribution in [1.82, 2.24) is 5.32 Å². The predicted octanol–water partition coefficient (Wildman–Crippen LogP) is 3.02. The van der Waals surface area contributed by atoms with Gasteiger partial charge >= 0.3 is 0 Å². The van der Waals surface area contributed by atoms with Gasteiger partial charge in [-0.25, -0.2) is 0 Å². The molecule has 0 atom stereocenters. The number of hydrogen-bond donors (Lipinski definition) is 1. The Morgan fingerprint density at radius 2 is 1.94 bits per heavy atom. The molecule has 0 aliphatic heterocycles. The van der Waals surface area contributed by atoms with Crippen LogP contribution < -0.4 is 10.1 Å². The zero-order valence-corrected chi connectivity index (χ0v) is 10.5. The molecule has 0 heterocycles. The quantitative estimate of drug-likeness (QED) is 0.681. The second kappa shape index (κ2) is 8.17. The van der Waals surface area contributed by atoms with E-state index in [9.17, 15) is 0 Å². The molecule has 0 fully saturated rings. The fourth-order valence-corrected chi connectivity index (χ4v) is 1.70. The molecule has 1 N–H and O–H groups in total. The average Bonchev–Trinajstić information content (AvgIpc) is 2.34. The molecule has 16 heavy (non-hydrogen) atoms. The molecular weight excluding hydrogens is 198 g/mol. The molecule has 0 bridgehead atoms. The van der Waals surface area contributed by atoms with Crippen LogP contribution in [0.5, 0.6) is 5.75 Å². The lowest BCUT2D eigenvalue weighted by atomic mass is 10.1. The number of aryl methyl sites for hydroxylation is 1. The Labute approximate surface area is 99.0 Å². The summed E-state index contributed by atoms with van der Waals surface area (Å²) in [6.07, 6.45) is 4.64. The summed E-state index contributed by atoms with van der Waals surface area (Å²) >= 11 is 0. The fourth-order valence-electron chi connectivity index (χ4n) is 1.70. The highest BCUT2D eigenvalue weighted by molar-refractivity contribution is 5.33. The number of ether oxygens (including phenoxy) is 1. The SMILES string of the molecule is CCc1ccccc1OCCCCCNC. The van der Waals surface area contributed by atoms with E-state index in [2.05, 4.69) is 30.4 Å². The lowest BCUT2D eigenvalue weighted by molar-refractivity contribution is 0.302. The molecule has 2 nitrogen and oxygen atoms in total. The van der Waals surface area contributed by atoms with Gasteiger partial charge in [-0.1, -0.05) is 25.1 Å². The van der Waals surface area contributed by atoms with Gasteiger partial charge < -0.3 is 10.1 Å². The molecule has 1 aromatic rings. The summed E-state index contributed by atoms with van der Waals surface area (Å²) in [5.74, 6) is 1.05. The van der Waals surface area contributed by atoms with Crippen molar-refractivity contribution in [2.24, 2.45) is 0 Å². The minimum Gasteiger partial charge on any atom is -0.493 e. The van der Waals surface area contributed by atoms with E-state index in [-0.39, 0.29) is 0 Å². The van der Waals surface area contributed by atoms with E-state index in [1.165, 1.54) is 18.4 Å². The van der Waals surface area contributed by atoms with Crippen molar-refractivity contribution in [3.63, 3.8) is 0 Å². The Morgan fingerprint density at radius 1 is 1.12 bits per heavy atom. The summed E-state index contributed by atoms with van der Waals surface area (Å²) < 4.78 is 5.79. The highest BCUT2D eigenvalue weighted by Gasteiger charge is 1.99. The van der Waals surface area contributed by atoms with Crippen molar-refractivity contribution >= 4 is 0 Å². The zero-order chi connectivity index (χ0) is 11.6. The first-order valence-electron chi connectivity index (χ1n) is 6.23. The maximum absolute atomic E-state index is 5.79. The minimum absolute atomic E-state index is 0.834. The molecule has 0 aliphatic carbocycles. The van der Waals surface area contributed by atoms with Crippen molar-refractivity contribution in [3.05, 3.63) is 29.8 Å². The third-order valence-electron chi connectivity index (χ3n) is 2.68. The second-order valence-electron chi connectivity index (χ2n) is 3.97. The van der Waals surface area contributed by atoms with Crippen LogP contribution in [0.4, 0.5) is 0 Å². The molecule has 0 aromatic heterocycles. The van der Waals surface area contributed by atoms with Crippen LogP contribution in [0.1, 0.15) is 31.7 Å². The molecule has 90 valence electrons. The first kappa shape index (κ1) is 13.0. The molecular formula is C14H23NO. The van der Waals surface area contributed by atoms with Crippen LogP contribution in [-0.2, 0) is 6.42 Å². The molecule has 0 saturated heterocycles. The number of para-hydroxylation sites is 1. The summed E-state index contributed by atoms with van der Waals surface area (Å²) in [4.78, 5) is 0. The summed E-state index contributed by atoms with van der Waals surface area (Å²) in [5.41, 5.74) is 1.30. The third-order valence-corrected chi connectivity index (χ3v) is 2.68. The maximum Gasteiger partial charge on any atom is 0.122 e. The van der Waals surface area contributed by atoms with Gasteiger partial charge in [0.2, 0.25) is 0 Å². The summed E-state index contributed by atoms with van der Waals surface area (Å²) in [6, 6.07) is 8.30. The van der Waals surface area contributed by atoms with Crippen LogP contribution >= 0.6 is 0 Å². The van der Waals surface area contributed by atoms with Gasteiger partial charge in [0.25, 0.3) is 0 Å². The topological polar surface area (TPSA) is 21.3 Å². The van der Waals surface area contributed by atoms with Gasteiger partial charge in [-0.3, -0.25) is 0 Å². The summed E-state index contributed by atoms with van der Waals surface area (Å²) in [5, 5.41) is 3.15. The molecule has 1 rings (SSSR count). The molecule has 2 heteroatoms. The highest BCUT2D eigenvalue weighted by Crippen LogP contribution is 2.18. The molecule has 0 unspecified atom stereocenters. The largest absolute Gasteiger partial charge is 0.493 e. The lowest BCUT2D eigenvalue weighted by Gasteiger charge is -2.09. The number of benzene rings is 1. The Hall–Kier alpha value is -1.02. The van der Waals surface area contributed by atoms with Gasteiger partial charge in [0.1, 0.15) is 5.75 Å². The molecule has 1 aromatic carbocycles. The zero-order valence-electron chi connectivity index (χ0n) is 10.5. The van der Waals surface area contributed by atoms with E-state index < -0.39 is 0 Å². The smallest absolute Gasteiger partial charge is 0.122 e. The highest BCUT2D eigenvalue weighted by atomic mass is 16.5. The molecule has 0 spiro atoms. The van der Waals surface area contributed by atoms with E-state index in [4.69, 9.17) is 4.74 Å². The van der Waals surface area contributed by atoms with E-state index in [1.54, 1.807) is 0 Å². The second-order valence-corrected chi connectivity index (χ2v) is 3.97. The molecule has 0 amide bonds. The van der Waals surface area contributed by atoms with Gasteiger partial charge in [-0.15, -0.1) is 0 Å². The van der Waals surface area contributed by atoms with Crippen molar-refractivity contribution in [3.8, 4) is 5.75 Å². The van der Waals surface area contributed by atoms with Gasteiger partial charge in [0.15, 0.2) is 0 Å². The molecule has 0 saturated carbocycles. The Bertz CT molecular complexity index is 286. The molecule has 0 radical (unpaired) electrons. The Morgan fingerprint density at radius 3 is 2.69 bits per heavy atom. The van der Waals surface area contributed by atoms with Crippen molar-refractivity contribution in [1.29, 1.82) is 0 Å². The van der Waals surface area contributed by atoms with Crippen LogP contribution in [0.15, 0.2) is 24.3 Å². The van der Waals surface area contributed by atoms with Crippen molar-refractivity contribution in [2.75, 3.05) is 20.2 Å². The number of unbranched alkanes of at least 4 members (excludes halogenated alkanes) is 2. The lowest BCUT2D eigenvalue weighted by Crippen LogP contribution is -2.08. The monoisotopic (exact) mass is 221 g/mol. The molecule has 0 aliphatic rings. The normalized spacial score (nSPS) is 10.4. The van der Waals surface area contributed by atoms with Crippen molar-refractivity contribution in [2.45, 2.75) is 32.6 Å². The van der Waals surface area contributed by atoms with Crippen molar-refractivity contribution < 1.29 is 4.74 Å². The standard InChI is InChI=1S/C14H23NO/c1-3-13-9-5-6-10-14(13)16-12-8-4-7-11-15-2/h5-6,9-10,15H,3-4,7-8,11-12H2,1-2H3. The van der Waals surface area contributed by atoms with Gasteiger partial charge in [0.05, 0.1) is 6.61 Å². The Balaban J connectivity index is 2.21. The third kappa shape index (κ3) is 4.67. The van der Waals surface area contributed by atoms with E-state index >= 15 is 0 Å². The number of rotatable bonds is 8. The van der Waals surface area contributed by atoms with Gasteiger partial charge in [-0.05, 0) is 50.9 Å².